The van der Waals surface area contributed by atoms with Gasteiger partial charge in [0.25, 0.3) is 0 Å². The van der Waals surface area contributed by atoms with Crippen LogP contribution in [0.25, 0.3) is 0 Å². The first-order valence-corrected chi connectivity index (χ1v) is 7.51. The van der Waals surface area contributed by atoms with Crippen molar-refractivity contribution in [2.75, 3.05) is 12.3 Å². The van der Waals surface area contributed by atoms with Crippen molar-refractivity contribution in [2.45, 2.75) is 19.5 Å². The molecule has 0 atom stereocenters. The zero-order valence-corrected chi connectivity index (χ0v) is 13.3. The van der Waals surface area contributed by atoms with Gasteiger partial charge in [0.15, 0.2) is 0 Å². The van der Waals surface area contributed by atoms with Crippen LogP contribution in [0.4, 0.5) is 5.69 Å². The SMILES string of the molecule is N#CCCN(Cc1cccnc1)Cc1cccc(N)c1Br. The Kier molecular flexibility index (Phi) is 5.73. The Bertz CT molecular complexity index is 622. The largest absolute Gasteiger partial charge is 0.398 e. The number of hydrogen-bond acceptors (Lipinski definition) is 4. The highest BCUT2D eigenvalue weighted by atomic mass is 79.9. The Morgan fingerprint density at radius 2 is 2.10 bits per heavy atom. The van der Waals surface area contributed by atoms with E-state index in [1.807, 2.05) is 36.5 Å². The monoisotopic (exact) mass is 344 g/mol. The number of nitrogen functional groups attached to an aromatic ring is 1. The van der Waals surface area contributed by atoms with Crippen LogP contribution in [-0.2, 0) is 13.1 Å². The number of pyridine rings is 1. The van der Waals surface area contributed by atoms with Gasteiger partial charge < -0.3 is 5.73 Å². The second kappa shape index (κ2) is 7.77. The van der Waals surface area contributed by atoms with E-state index in [0.717, 1.165) is 34.4 Å². The van der Waals surface area contributed by atoms with Crippen molar-refractivity contribution in [3.8, 4) is 6.07 Å². The van der Waals surface area contributed by atoms with Gasteiger partial charge in [-0.3, -0.25) is 9.88 Å². The molecular weight excluding hydrogens is 328 g/mol. The average molecular weight is 345 g/mol. The first-order valence-electron chi connectivity index (χ1n) is 6.72. The van der Waals surface area contributed by atoms with Crippen molar-refractivity contribution in [1.29, 1.82) is 5.26 Å². The molecule has 0 fully saturated rings. The molecule has 0 amide bonds. The molecule has 0 bridgehead atoms. The number of anilines is 1. The molecule has 0 radical (unpaired) electrons. The number of halogens is 1. The smallest absolute Gasteiger partial charge is 0.0635 e. The fourth-order valence-corrected chi connectivity index (χ4v) is 2.52. The maximum Gasteiger partial charge on any atom is 0.0635 e. The highest BCUT2D eigenvalue weighted by Crippen LogP contribution is 2.25. The molecule has 1 aromatic carbocycles. The average Bonchev–Trinajstić information content (AvgIpc) is 2.50. The summed E-state index contributed by atoms with van der Waals surface area (Å²) in [6.07, 6.45) is 4.12. The summed E-state index contributed by atoms with van der Waals surface area (Å²) in [5.41, 5.74) is 8.91. The first kappa shape index (κ1) is 15.5. The number of rotatable bonds is 6. The van der Waals surface area contributed by atoms with Crippen molar-refractivity contribution in [3.63, 3.8) is 0 Å². The summed E-state index contributed by atoms with van der Waals surface area (Å²) < 4.78 is 0.929. The number of aromatic nitrogens is 1. The third-order valence-electron chi connectivity index (χ3n) is 3.17. The lowest BCUT2D eigenvalue weighted by Gasteiger charge is -2.22. The van der Waals surface area contributed by atoms with Gasteiger partial charge in [-0.15, -0.1) is 0 Å². The lowest BCUT2D eigenvalue weighted by Crippen LogP contribution is -2.24. The van der Waals surface area contributed by atoms with Crippen LogP contribution in [0.2, 0.25) is 0 Å². The number of nitriles is 1. The predicted octanol–water partition coefficient (Wildman–Crippen LogP) is 3.34. The normalized spacial score (nSPS) is 10.5. The van der Waals surface area contributed by atoms with E-state index in [4.69, 9.17) is 11.0 Å². The molecule has 1 heterocycles. The highest BCUT2D eigenvalue weighted by molar-refractivity contribution is 9.10. The minimum absolute atomic E-state index is 0.500. The quantitative estimate of drug-likeness (QED) is 0.816. The van der Waals surface area contributed by atoms with E-state index in [9.17, 15) is 0 Å². The van der Waals surface area contributed by atoms with Crippen LogP contribution in [0, 0.1) is 11.3 Å². The molecule has 5 heteroatoms. The predicted molar refractivity (Wildman–Crippen MR) is 87.1 cm³/mol. The molecule has 1 aromatic heterocycles. The van der Waals surface area contributed by atoms with E-state index in [0.29, 0.717) is 13.0 Å². The summed E-state index contributed by atoms with van der Waals surface area (Å²) in [7, 11) is 0. The third-order valence-corrected chi connectivity index (χ3v) is 4.14. The molecule has 0 aliphatic carbocycles. The summed E-state index contributed by atoms with van der Waals surface area (Å²) in [6.45, 7) is 2.21. The van der Waals surface area contributed by atoms with Crippen LogP contribution in [0.5, 0.6) is 0 Å². The molecule has 2 rings (SSSR count). The van der Waals surface area contributed by atoms with Crippen LogP contribution in [0.1, 0.15) is 17.5 Å². The van der Waals surface area contributed by atoms with Crippen LogP contribution < -0.4 is 5.73 Å². The molecule has 0 aliphatic rings. The Morgan fingerprint density at radius 3 is 2.81 bits per heavy atom. The van der Waals surface area contributed by atoms with Crippen molar-refractivity contribution >= 4 is 21.6 Å². The van der Waals surface area contributed by atoms with Gasteiger partial charge in [0.05, 0.1) is 6.07 Å². The molecule has 0 aliphatic heterocycles. The van der Waals surface area contributed by atoms with E-state index in [-0.39, 0.29) is 0 Å². The van der Waals surface area contributed by atoms with E-state index in [1.165, 1.54) is 0 Å². The first-order chi connectivity index (χ1) is 10.2. The number of nitrogens with two attached hydrogens (primary N) is 1. The Morgan fingerprint density at radius 1 is 1.24 bits per heavy atom. The number of hydrogen-bond donors (Lipinski definition) is 1. The molecule has 21 heavy (non-hydrogen) atoms. The summed E-state index contributed by atoms with van der Waals surface area (Å²) in [4.78, 5) is 6.36. The van der Waals surface area contributed by atoms with Gasteiger partial charge in [-0.05, 0) is 39.2 Å². The minimum Gasteiger partial charge on any atom is -0.398 e. The van der Waals surface area contributed by atoms with Crippen LogP contribution in [-0.4, -0.2) is 16.4 Å². The molecule has 0 saturated heterocycles. The van der Waals surface area contributed by atoms with Crippen LogP contribution in [0.3, 0.4) is 0 Å². The summed E-state index contributed by atoms with van der Waals surface area (Å²) in [6, 6.07) is 12.0. The Labute approximate surface area is 133 Å². The molecule has 0 spiro atoms. The zero-order chi connectivity index (χ0) is 15.1. The summed E-state index contributed by atoms with van der Waals surface area (Å²) >= 11 is 3.53. The van der Waals surface area contributed by atoms with E-state index in [1.54, 1.807) is 6.20 Å². The highest BCUT2D eigenvalue weighted by Gasteiger charge is 2.10. The van der Waals surface area contributed by atoms with Crippen LogP contribution in [0.15, 0.2) is 47.2 Å². The van der Waals surface area contributed by atoms with Gasteiger partial charge >= 0.3 is 0 Å². The van der Waals surface area contributed by atoms with Crippen molar-refractivity contribution in [3.05, 3.63) is 58.3 Å². The van der Waals surface area contributed by atoms with E-state index in [2.05, 4.69) is 31.9 Å². The van der Waals surface area contributed by atoms with Gasteiger partial charge in [-0.1, -0.05) is 18.2 Å². The number of benzene rings is 1. The van der Waals surface area contributed by atoms with E-state index < -0.39 is 0 Å². The Balaban J connectivity index is 2.12. The molecule has 2 aromatic rings. The van der Waals surface area contributed by atoms with Gasteiger partial charge in [0, 0.05) is 48.6 Å². The van der Waals surface area contributed by atoms with Crippen molar-refractivity contribution in [1.82, 2.24) is 9.88 Å². The minimum atomic E-state index is 0.500. The lowest BCUT2D eigenvalue weighted by molar-refractivity contribution is 0.262. The van der Waals surface area contributed by atoms with E-state index >= 15 is 0 Å². The van der Waals surface area contributed by atoms with Gasteiger partial charge in [-0.2, -0.15) is 5.26 Å². The fraction of sp³-hybridized carbons (Fsp3) is 0.250. The van der Waals surface area contributed by atoms with Crippen LogP contribution >= 0.6 is 15.9 Å². The molecule has 0 saturated carbocycles. The molecule has 0 unspecified atom stereocenters. The lowest BCUT2D eigenvalue weighted by atomic mass is 10.1. The number of nitrogens with zero attached hydrogens (tertiary/aromatic N) is 3. The van der Waals surface area contributed by atoms with Gasteiger partial charge in [-0.25, -0.2) is 0 Å². The van der Waals surface area contributed by atoms with Crippen molar-refractivity contribution < 1.29 is 0 Å². The molecule has 108 valence electrons. The fourth-order valence-electron chi connectivity index (χ4n) is 2.13. The second-order valence-corrected chi connectivity index (χ2v) is 5.59. The Hall–Kier alpha value is -1.90. The summed E-state index contributed by atoms with van der Waals surface area (Å²) in [5, 5.41) is 8.83. The van der Waals surface area contributed by atoms with Gasteiger partial charge in [0.1, 0.15) is 0 Å². The summed E-state index contributed by atoms with van der Waals surface area (Å²) in [5.74, 6) is 0. The van der Waals surface area contributed by atoms with Gasteiger partial charge in [0.2, 0.25) is 0 Å². The maximum absolute atomic E-state index is 8.83. The molecule has 4 nitrogen and oxygen atoms in total. The topological polar surface area (TPSA) is 65.9 Å². The standard InChI is InChI=1S/C16H17BrN4/c17-16-14(5-1-6-15(16)19)12-21(9-3-7-18)11-13-4-2-8-20-10-13/h1-2,4-6,8,10H,3,9,11-12,19H2. The molecule has 2 N–H and O–H groups in total. The second-order valence-electron chi connectivity index (χ2n) is 4.80. The third kappa shape index (κ3) is 4.55. The van der Waals surface area contributed by atoms with Crippen molar-refractivity contribution in [2.24, 2.45) is 0 Å². The molecular formula is C16H17BrN4. The zero-order valence-electron chi connectivity index (χ0n) is 11.7. The maximum atomic E-state index is 8.83.